The van der Waals surface area contributed by atoms with Gasteiger partial charge in [0.15, 0.2) is 0 Å². The molecular formula is C29H42N6. The van der Waals surface area contributed by atoms with Crippen molar-refractivity contribution in [1.82, 2.24) is 14.9 Å². The van der Waals surface area contributed by atoms with Crippen LogP contribution in [-0.4, -0.2) is 40.4 Å². The molecule has 3 heterocycles. The summed E-state index contributed by atoms with van der Waals surface area (Å²) in [4.78, 5) is 14.6. The number of nitrogens with zero attached hydrogens (tertiary/aromatic N) is 6. The second-order valence-corrected chi connectivity index (χ2v) is 9.94. The molecule has 3 rings (SSSR count). The van der Waals surface area contributed by atoms with Crippen molar-refractivity contribution in [1.29, 1.82) is 0 Å². The zero-order valence-corrected chi connectivity index (χ0v) is 22.5. The molecule has 0 unspecified atom stereocenters. The Labute approximate surface area is 211 Å². The fraction of sp³-hybridized carbons (Fsp3) is 0.517. The van der Waals surface area contributed by atoms with Gasteiger partial charge in [-0.2, -0.15) is 10.2 Å². The summed E-state index contributed by atoms with van der Waals surface area (Å²) in [7, 11) is 2.18. The average Bonchev–Trinajstić information content (AvgIpc) is 3.17. The van der Waals surface area contributed by atoms with Crippen LogP contribution in [0.25, 0.3) is 5.70 Å². The van der Waals surface area contributed by atoms with Crippen LogP contribution in [0.15, 0.2) is 41.0 Å². The highest BCUT2D eigenvalue weighted by Gasteiger charge is 2.28. The lowest BCUT2D eigenvalue weighted by molar-refractivity contribution is 0.322. The van der Waals surface area contributed by atoms with Gasteiger partial charge in [-0.1, -0.05) is 46.3 Å². The van der Waals surface area contributed by atoms with E-state index in [1.165, 1.54) is 41.8 Å². The predicted octanol–water partition coefficient (Wildman–Crippen LogP) is 6.49. The van der Waals surface area contributed by atoms with Gasteiger partial charge >= 0.3 is 0 Å². The zero-order valence-electron chi connectivity index (χ0n) is 22.5. The molecule has 0 radical (unpaired) electrons. The molecule has 6 nitrogen and oxygen atoms in total. The summed E-state index contributed by atoms with van der Waals surface area (Å²) in [5, 5.41) is 8.23. The average molecular weight is 475 g/mol. The molecular weight excluding hydrogens is 432 g/mol. The summed E-state index contributed by atoms with van der Waals surface area (Å²) < 4.78 is 0. The lowest BCUT2D eigenvalue weighted by Crippen LogP contribution is -2.21. The molecule has 0 amide bonds. The summed E-state index contributed by atoms with van der Waals surface area (Å²) in [6, 6.07) is 8.31. The minimum absolute atomic E-state index is 0.740. The van der Waals surface area contributed by atoms with Crippen molar-refractivity contribution >= 4 is 23.4 Å². The number of rotatable bonds is 12. The highest BCUT2D eigenvalue weighted by Crippen LogP contribution is 2.37. The summed E-state index contributed by atoms with van der Waals surface area (Å²) >= 11 is 0. The molecule has 6 heteroatoms. The number of unbranched alkanes of at least 4 members (excludes halogenated alkanes) is 1. The van der Waals surface area contributed by atoms with E-state index in [0.717, 1.165) is 61.3 Å². The number of hydrogen-bond acceptors (Lipinski definition) is 6. The van der Waals surface area contributed by atoms with Gasteiger partial charge in [0.1, 0.15) is 5.82 Å². The van der Waals surface area contributed by atoms with Gasteiger partial charge in [0, 0.05) is 35.3 Å². The van der Waals surface area contributed by atoms with Crippen LogP contribution < -0.4 is 4.90 Å². The van der Waals surface area contributed by atoms with Gasteiger partial charge in [0.25, 0.3) is 0 Å². The normalized spacial score (nSPS) is 14.1. The van der Waals surface area contributed by atoms with E-state index in [9.17, 15) is 0 Å². The van der Waals surface area contributed by atoms with Gasteiger partial charge in [-0.15, -0.1) is 0 Å². The van der Waals surface area contributed by atoms with Crippen LogP contribution in [0.2, 0.25) is 0 Å². The molecule has 0 fully saturated rings. The molecule has 0 spiro atoms. The highest BCUT2D eigenvalue weighted by atomic mass is 15.2. The number of fused-ring (bicyclic) bond motifs is 1. The van der Waals surface area contributed by atoms with Crippen LogP contribution in [0.5, 0.6) is 0 Å². The van der Waals surface area contributed by atoms with Crippen molar-refractivity contribution in [2.75, 3.05) is 18.5 Å². The molecule has 0 N–H and O–H groups in total. The van der Waals surface area contributed by atoms with Crippen molar-refractivity contribution in [3.8, 4) is 0 Å². The first-order chi connectivity index (χ1) is 16.8. The maximum absolute atomic E-state index is 5.16. The highest BCUT2D eigenvalue weighted by molar-refractivity contribution is 5.97. The molecule has 1 aliphatic rings. The summed E-state index contributed by atoms with van der Waals surface area (Å²) in [6.07, 6.45) is 7.51. The van der Waals surface area contributed by atoms with Crippen LogP contribution in [0, 0.1) is 5.92 Å². The maximum Gasteiger partial charge on any atom is 0.134 e. The third kappa shape index (κ3) is 7.07. The van der Waals surface area contributed by atoms with E-state index >= 15 is 0 Å². The van der Waals surface area contributed by atoms with Gasteiger partial charge in [0.05, 0.1) is 23.6 Å². The van der Waals surface area contributed by atoms with E-state index in [0.29, 0.717) is 0 Å². The Balaban J connectivity index is 1.90. The summed E-state index contributed by atoms with van der Waals surface area (Å²) in [6.45, 7) is 17.7. The number of aromatic nitrogens is 2. The molecule has 2 aromatic heterocycles. The van der Waals surface area contributed by atoms with E-state index in [1.54, 1.807) is 6.21 Å². The maximum atomic E-state index is 5.16. The number of aryl methyl sites for hydroxylation is 1. The van der Waals surface area contributed by atoms with Crippen LogP contribution >= 0.6 is 0 Å². The fourth-order valence-corrected chi connectivity index (χ4v) is 4.54. The second kappa shape index (κ2) is 12.7. The molecule has 0 bridgehead atoms. The molecule has 188 valence electrons. The van der Waals surface area contributed by atoms with Gasteiger partial charge in [-0.25, -0.2) is 4.98 Å². The van der Waals surface area contributed by atoms with Gasteiger partial charge in [-0.05, 0) is 70.8 Å². The van der Waals surface area contributed by atoms with Crippen LogP contribution in [-0.2, 0) is 19.5 Å². The lowest BCUT2D eigenvalue weighted by atomic mass is 10.0. The molecule has 0 saturated heterocycles. The Kier molecular flexibility index (Phi) is 9.73. The SMILES string of the molecule is C=C1c2cc(CCCCC(C)C)nc(CN(C)CCC)c2CN1c1cccc(/C(C)=N/N=C\C)n1. The summed E-state index contributed by atoms with van der Waals surface area (Å²) in [5.41, 5.74) is 7.45. The predicted molar refractivity (Wildman–Crippen MR) is 149 cm³/mol. The topological polar surface area (TPSA) is 57.0 Å². The Morgan fingerprint density at radius 2 is 2.06 bits per heavy atom. The van der Waals surface area contributed by atoms with Crippen LogP contribution in [0.1, 0.15) is 88.5 Å². The minimum Gasteiger partial charge on any atom is -0.322 e. The van der Waals surface area contributed by atoms with Gasteiger partial charge in [-0.3, -0.25) is 4.98 Å². The molecule has 0 atom stereocenters. The Bertz CT molecular complexity index is 1070. The van der Waals surface area contributed by atoms with Crippen LogP contribution in [0.4, 0.5) is 5.82 Å². The van der Waals surface area contributed by atoms with Gasteiger partial charge in [0.2, 0.25) is 0 Å². The monoisotopic (exact) mass is 474 g/mol. The van der Waals surface area contributed by atoms with Crippen molar-refractivity contribution in [2.45, 2.75) is 79.8 Å². The second-order valence-electron chi connectivity index (χ2n) is 9.94. The Hall–Kier alpha value is -2.86. The van der Waals surface area contributed by atoms with Crippen molar-refractivity contribution in [3.05, 3.63) is 59.1 Å². The number of anilines is 1. The molecule has 0 aromatic carbocycles. The minimum atomic E-state index is 0.740. The zero-order chi connectivity index (χ0) is 25.4. The number of hydrogen-bond donors (Lipinski definition) is 0. The van der Waals surface area contributed by atoms with Crippen molar-refractivity contribution < 1.29 is 0 Å². The quantitative estimate of drug-likeness (QED) is 0.200. The lowest BCUT2D eigenvalue weighted by Gasteiger charge is -2.19. The molecule has 1 aliphatic heterocycles. The molecule has 2 aromatic rings. The van der Waals surface area contributed by atoms with Crippen LogP contribution in [0.3, 0.4) is 0 Å². The van der Waals surface area contributed by atoms with Crippen molar-refractivity contribution in [3.63, 3.8) is 0 Å². The fourth-order valence-electron chi connectivity index (χ4n) is 4.54. The number of pyridine rings is 2. The molecule has 0 aliphatic carbocycles. The smallest absolute Gasteiger partial charge is 0.134 e. The first-order valence-corrected chi connectivity index (χ1v) is 13.0. The summed E-state index contributed by atoms with van der Waals surface area (Å²) in [5.74, 6) is 1.63. The molecule has 0 saturated carbocycles. The van der Waals surface area contributed by atoms with E-state index in [-0.39, 0.29) is 0 Å². The molecule has 35 heavy (non-hydrogen) atoms. The Morgan fingerprint density at radius 1 is 1.26 bits per heavy atom. The third-order valence-electron chi connectivity index (χ3n) is 6.41. The standard InChI is InChI=1S/C29H42N6/c1-8-17-34(7)20-28-26-19-35(29-16-12-15-27(32-29)22(5)33-30-9-2)23(6)25(26)18-24(31-28)14-11-10-13-21(3)4/h9,12,15-16,18,21H,6,8,10-11,13-14,17,19-20H2,1-5,7H3/b30-9-,33-22+. The van der Waals surface area contributed by atoms with E-state index in [4.69, 9.17) is 9.97 Å². The van der Waals surface area contributed by atoms with E-state index in [2.05, 4.69) is 60.5 Å². The van der Waals surface area contributed by atoms with Gasteiger partial charge < -0.3 is 9.80 Å². The third-order valence-corrected chi connectivity index (χ3v) is 6.41. The largest absolute Gasteiger partial charge is 0.322 e. The van der Waals surface area contributed by atoms with E-state index < -0.39 is 0 Å². The Morgan fingerprint density at radius 3 is 2.77 bits per heavy atom. The first-order valence-electron chi connectivity index (χ1n) is 13.0. The van der Waals surface area contributed by atoms with Crippen molar-refractivity contribution in [2.24, 2.45) is 16.1 Å². The first kappa shape index (κ1) is 26.7. The van der Waals surface area contributed by atoms with E-state index in [1.807, 2.05) is 32.0 Å².